The zero-order valence-electron chi connectivity index (χ0n) is 12.2. The Balaban J connectivity index is 1.64. The molecule has 0 spiro atoms. The van der Waals surface area contributed by atoms with E-state index in [2.05, 4.69) is 39.2 Å². The van der Waals surface area contributed by atoms with Crippen molar-refractivity contribution in [2.24, 2.45) is 0 Å². The van der Waals surface area contributed by atoms with Crippen LogP contribution in [0.1, 0.15) is 50.4 Å². The Hall–Kier alpha value is -1.20. The van der Waals surface area contributed by atoms with Crippen LogP contribution in [0.15, 0.2) is 12.2 Å². The molecule has 0 amide bonds. The summed E-state index contributed by atoms with van der Waals surface area (Å²) in [4.78, 5) is 7.08. The Labute approximate surface area is 120 Å². The third-order valence-electron chi connectivity index (χ3n) is 4.12. The van der Waals surface area contributed by atoms with Crippen LogP contribution in [-0.4, -0.2) is 45.8 Å². The Morgan fingerprint density at radius 3 is 3.25 bits per heavy atom. The Bertz CT molecular complexity index is 456. The summed E-state index contributed by atoms with van der Waals surface area (Å²) in [6.45, 7) is 4.83. The summed E-state index contributed by atoms with van der Waals surface area (Å²) in [6, 6.07) is 0.573. The lowest BCUT2D eigenvalue weighted by atomic mass is 10.0. The van der Waals surface area contributed by atoms with E-state index in [0.717, 1.165) is 44.2 Å². The van der Waals surface area contributed by atoms with Crippen LogP contribution in [0.3, 0.4) is 0 Å². The zero-order chi connectivity index (χ0) is 13.8. The number of nitrogens with one attached hydrogen (secondary N) is 1. The van der Waals surface area contributed by atoms with Gasteiger partial charge in [-0.25, -0.2) is 4.98 Å². The standard InChI is InChI=1S/C15H24N4O/c1-2-6-14-16-15(18-17-14)13-11-19(9-10-20-13)12-7-4-3-5-8-12/h4,7,12-13H,2-3,5-6,8-11H2,1H3,(H,16,17,18)/t12-,13+/m1/s1. The molecule has 20 heavy (non-hydrogen) atoms. The number of allylic oxidation sites excluding steroid dienone is 1. The smallest absolute Gasteiger partial charge is 0.180 e. The number of aromatic amines is 1. The van der Waals surface area contributed by atoms with Gasteiger partial charge in [0.15, 0.2) is 5.82 Å². The Kier molecular flexibility index (Phi) is 4.47. The summed E-state index contributed by atoms with van der Waals surface area (Å²) in [5.74, 6) is 1.79. The molecule has 0 aromatic carbocycles. The molecule has 1 N–H and O–H groups in total. The second-order valence-electron chi connectivity index (χ2n) is 5.67. The van der Waals surface area contributed by atoms with Gasteiger partial charge in [0.05, 0.1) is 6.61 Å². The largest absolute Gasteiger partial charge is 0.367 e. The van der Waals surface area contributed by atoms with Crippen LogP contribution in [0.25, 0.3) is 0 Å². The van der Waals surface area contributed by atoms with Gasteiger partial charge >= 0.3 is 0 Å². The van der Waals surface area contributed by atoms with Crippen LogP contribution >= 0.6 is 0 Å². The number of morpholine rings is 1. The molecule has 1 aromatic heterocycles. The van der Waals surface area contributed by atoms with Gasteiger partial charge in [0.25, 0.3) is 0 Å². The number of hydrogen-bond donors (Lipinski definition) is 1. The summed E-state index contributed by atoms with van der Waals surface area (Å²) in [5, 5.41) is 7.36. The molecule has 5 nitrogen and oxygen atoms in total. The van der Waals surface area contributed by atoms with Crippen LogP contribution in [0.2, 0.25) is 0 Å². The maximum atomic E-state index is 5.87. The lowest BCUT2D eigenvalue weighted by Gasteiger charge is -2.37. The minimum atomic E-state index is 0.0148. The molecule has 1 aliphatic carbocycles. The van der Waals surface area contributed by atoms with Gasteiger partial charge in [-0.05, 0) is 25.7 Å². The van der Waals surface area contributed by atoms with Crippen molar-refractivity contribution >= 4 is 0 Å². The van der Waals surface area contributed by atoms with Crippen molar-refractivity contribution in [2.75, 3.05) is 19.7 Å². The summed E-state index contributed by atoms with van der Waals surface area (Å²) in [5.41, 5.74) is 0. The van der Waals surface area contributed by atoms with Gasteiger partial charge in [-0.1, -0.05) is 19.1 Å². The van der Waals surface area contributed by atoms with Crippen LogP contribution in [-0.2, 0) is 11.2 Å². The van der Waals surface area contributed by atoms with E-state index in [1.54, 1.807) is 0 Å². The van der Waals surface area contributed by atoms with Crippen molar-refractivity contribution in [1.82, 2.24) is 20.1 Å². The normalized spacial score (nSPS) is 27.9. The quantitative estimate of drug-likeness (QED) is 0.857. The molecule has 1 aliphatic heterocycles. The van der Waals surface area contributed by atoms with E-state index in [1.165, 1.54) is 19.3 Å². The predicted octanol–water partition coefficient (Wildman–Crippen LogP) is 2.24. The summed E-state index contributed by atoms with van der Waals surface area (Å²) in [6.07, 6.45) is 10.5. The maximum absolute atomic E-state index is 5.87. The number of H-pyrrole nitrogens is 1. The second kappa shape index (κ2) is 6.50. The fourth-order valence-electron chi connectivity index (χ4n) is 3.03. The molecule has 1 saturated heterocycles. The average molecular weight is 276 g/mol. The van der Waals surface area contributed by atoms with Gasteiger partial charge in [-0.2, -0.15) is 5.10 Å². The van der Waals surface area contributed by atoms with Gasteiger partial charge in [0, 0.05) is 25.6 Å². The van der Waals surface area contributed by atoms with Crippen LogP contribution < -0.4 is 0 Å². The first-order valence-corrected chi connectivity index (χ1v) is 7.80. The number of aryl methyl sites for hydroxylation is 1. The summed E-state index contributed by atoms with van der Waals surface area (Å²) in [7, 11) is 0. The molecule has 5 heteroatoms. The van der Waals surface area contributed by atoms with E-state index in [9.17, 15) is 0 Å². The maximum Gasteiger partial charge on any atom is 0.180 e. The lowest BCUT2D eigenvalue weighted by Crippen LogP contribution is -2.44. The predicted molar refractivity (Wildman–Crippen MR) is 77.4 cm³/mol. The highest BCUT2D eigenvalue weighted by Crippen LogP contribution is 2.24. The fourth-order valence-corrected chi connectivity index (χ4v) is 3.03. The molecule has 110 valence electrons. The van der Waals surface area contributed by atoms with Gasteiger partial charge in [0.1, 0.15) is 11.9 Å². The topological polar surface area (TPSA) is 54.0 Å². The third kappa shape index (κ3) is 3.10. The van der Waals surface area contributed by atoms with Gasteiger partial charge < -0.3 is 4.74 Å². The molecule has 1 fully saturated rings. The minimum absolute atomic E-state index is 0.0148. The molecule has 0 saturated carbocycles. The second-order valence-corrected chi connectivity index (χ2v) is 5.67. The van der Waals surface area contributed by atoms with E-state index < -0.39 is 0 Å². The number of hydrogen-bond acceptors (Lipinski definition) is 4. The fraction of sp³-hybridized carbons (Fsp3) is 0.733. The molecule has 3 rings (SSSR count). The third-order valence-corrected chi connectivity index (χ3v) is 4.12. The van der Waals surface area contributed by atoms with E-state index >= 15 is 0 Å². The Morgan fingerprint density at radius 1 is 1.50 bits per heavy atom. The van der Waals surface area contributed by atoms with Crippen LogP contribution in [0.4, 0.5) is 0 Å². The SMILES string of the molecule is CCCc1nc([C@@H]2CN([C@@H]3C=CCCC3)CCO2)n[nH]1. The molecular weight excluding hydrogens is 252 g/mol. The highest BCUT2D eigenvalue weighted by atomic mass is 16.5. The van der Waals surface area contributed by atoms with E-state index in [4.69, 9.17) is 4.74 Å². The highest BCUT2D eigenvalue weighted by molar-refractivity contribution is 5.02. The average Bonchev–Trinajstić information content (AvgIpc) is 2.97. The summed E-state index contributed by atoms with van der Waals surface area (Å²) >= 11 is 0. The molecule has 0 radical (unpaired) electrons. The monoisotopic (exact) mass is 276 g/mol. The Morgan fingerprint density at radius 2 is 2.45 bits per heavy atom. The molecule has 2 heterocycles. The van der Waals surface area contributed by atoms with Crippen molar-refractivity contribution in [2.45, 2.75) is 51.2 Å². The molecule has 0 unspecified atom stereocenters. The molecular formula is C15H24N4O. The first kappa shape index (κ1) is 13.8. The van der Waals surface area contributed by atoms with Crippen molar-refractivity contribution in [3.05, 3.63) is 23.8 Å². The molecule has 2 aliphatic rings. The molecule has 0 bridgehead atoms. The highest BCUT2D eigenvalue weighted by Gasteiger charge is 2.28. The minimum Gasteiger partial charge on any atom is -0.367 e. The number of aromatic nitrogens is 3. The van der Waals surface area contributed by atoms with Crippen LogP contribution in [0.5, 0.6) is 0 Å². The first-order chi connectivity index (χ1) is 9.86. The lowest BCUT2D eigenvalue weighted by molar-refractivity contribution is -0.0442. The number of ether oxygens (including phenoxy) is 1. The van der Waals surface area contributed by atoms with Crippen molar-refractivity contribution < 1.29 is 4.74 Å². The van der Waals surface area contributed by atoms with Crippen molar-refractivity contribution in [1.29, 1.82) is 0 Å². The van der Waals surface area contributed by atoms with Crippen molar-refractivity contribution in [3.8, 4) is 0 Å². The first-order valence-electron chi connectivity index (χ1n) is 7.80. The van der Waals surface area contributed by atoms with Gasteiger partial charge in [0.2, 0.25) is 0 Å². The summed E-state index contributed by atoms with van der Waals surface area (Å²) < 4.78 is 5.87. The molecule has 2 atom stereocenters. The number of rotatable bonds is 4. The van der Waals surface area contributed by atoms with E-state index in [1.807, 2.05) is 0 Å². The van der Waals surface area contributed by atoms with Gasteiger partial charge in [-0.3, -0.25) is 10.00 Å². The zero-order valence-corrected chi connectivity index (χ0v) is 12.2. The van der Waals surface area contributed by atoms with E-state index in [-0.39, 0.29) is 6.10 Å². The van der Waals surface area contributed by atoms with E-state index in [0.29, 0.717) is 6.04 Å². The van der Waals surface area contributed by atoms with Gasteiger partial charge in [-0.15, -0.1) is 0 Å². The van der Waals surface area contributed by atoms with Crippen molar-refractivity contribution in [3.63, 3.8) is 0 Å². The number of nitrogens with zero attached hydrogens (tertiary/aromatic N) is 3. The molecule has 1 aromatic rings. The van der Waals surface area contributed by atoms with Crippen LogP contribution in [0, 0.1) is 0 Å².